The van der Waals surface area contributed by atoms with Crippen LogP contribution in [0.25, 0.3) is 0 Å². The van der Waals surface area contributed by atoms with Crippen molar-refractivity contribution in [3.63, 3.8) is 0 Å². The molecule has 5 heteroatoms. The van der Waals surface area contributed by atoms with Crippen LogP contribution in [0.5, 0.6) is 0 Å². The van der Waals surface area contributed by atoms with Gasteiger partial charge in [-0.05, 0) is 42.9 Å². The van der Waals surface area contributed by atoms with Crippen LogP contribution < -0.4 is 0 Å². The van der Waals surface area contributed by atoms with Crippen LogP contribution in [0.3, 0.4) is 0 Å². The third-order valence-corrected chi connectivity index (χ3v) is 4.25. The van der Waals surface area contributed by atoms with Gasteiger partial charge in [-0.3, -0.25) is 14.4 Å². The Morgan fingerprint density at radius 1 is 0.808 bits per heavy atom. The molecule has 1 N–H and O–H groups in total. The maximum absolute atomic E-state index is 13.4. The molecule has 26 heavy (non-hydrogen) atoms. The highest BCUT2D eigenvalue weighted by atomic mass is 16.5. The summed E-state index contributed by atoms with van der Waals surface area (Å²) in [5.74, 6) is -3.06. The molecule has 0 saturated heterocycles. The Balaban J connectivity index is 6.07. The van der Waals surface area contributed by atoms with E-state index in [2.05, 4.69) is 0 Å². The Hall–Kier alpha value is -1.39. The van der Waals surface area contributed by atoms with Gasteiger partial charge in [-0.25, -0.2) is 0 Å². The minimum atomic E-state index is -1.39. The number of hydrogen-bond acceptors (Lipinski definition) is 4. The largest absolute Gasteiger partial charge is 0.481 e. The van der Waals surface area contributed by atoms with Gasteiger partial charge in [-0.1, -0.05) is 55.4 Å². The number of ether oxygens (including phenoxy) is 1. The molecule has 0 bridgehead atoms. The number of ketones is 1. The maximum atomic E-state index is 13.4. The predicted octanol–water partition coefficient (Wildman–Crippen LogP) is 4.58. The van der Waals surface area contributed by atoms with E-state index in [1.54, 1.807) is 0 Å². The molecule has 0 aromatic rings. The van der Waals surface area contributed by atoms with Crippen LogP contribution in [-0.2, 0) is 19.1 Å². The summed E-state index contributed by atoms with van der Waals surface area (Å²) in [6.45, 7) is 15.6. The summed E-state index contributed by atoms with van der Waals surface area (Å²) in [6, 6.07) is 0. The van der Waals surface area contributed by atoms with Gasteiger partial charge in [0.1, 0.15) is 11.3 Å². The molecular formula is C21H38O5. The number of carboxylic acid groups (broad SMARTS) is 1. The van der Waals surface area contributed by atoms with Crippen LogP contribution in [0.15, 0.2) is 0 Å². The lowest BCUT2D eigenvalue weighted by Gasteiger charge is -2.35. The number of rotatable bonds is 12. The zero-order valence-corrected chi connectivity index (χ0v) is 17.8. The van der Waals surface area contributed by atoms with Gasteiger partial charge in [0.05, 0.1) is 6.61 Å². The molecule has 1 unspecified atom stereocenters. The van der Waals surface area contributed by atoms with Crippen LogP contribution in [0, 0.1) is 35.0 Å². The van der Waals surface area contributed by atoms with Gasteiger partial charge in [0, 0.05) is 0 Å². The second-order valence-corrected chi connectivity index (χ2v) is 9.15. The standard InChI is InChI=1S/C21H38O5/c1-13(2)9-17(19(23)24)18(22)21(10-14(3)4,11-15(5)6)20(25)26-12-16(7)8/h13-17H,9-12H2,1-8H3,(H,23,24). The number of carboxylic acids is 1. The Bertz CT molecular complexity index is 467. The van der Waals surface area contributed by atoms with Gasteiger partial charge in [-0.2, -0.15) is 0 Å². The zero-order valence-electron chi connectivity index (χ0n) is 17.8. The zero-order chi connectivity index (χ0) is 20.7. The van der Waals surface area contributed by atoms with Gasteiger partial charge in [-0.15, -0.1) is 0 Å². The van der Waals surface area contributed by atoms with Crippen molar-refractivity contribution in [1.29, 1.82) is 0 Å². The third kappa shape index (κ3) is 7.46. The summed E-state index contributed by atoms with van der Waals surface area (Å²) in [7, 11) is 0. The van der Waals surface area contributed by atoms with Gasteiger partial charge >= 0.3 is 11.9 Å². The van der Waals surface area contributed by atoms with Crippen LogP contribution >= 0.6 is 0 Å². The Kier molecular flexibility index (Phi) is 10.1. The minimum Gasteiger partial charge on any atom is -0.481 e. The molecule has 0 aliphatic heterocycles. The molecule has 0 amide bonds. The summed E-state index contributed by atoms with van der Waals surface area (Å²) in [5.41, 5.74) is -1.39. The molecule has 0 fully saturated rings. The van der Waals surface area contributed by atoms with Gasteiger partial charge < -0.3 is 9.84 Å². The predicted molar refractivity (Wildman–Crippen MR) is 103 cm³/mol. The lowest BCUT2D eigenvalue weighted by molar-refractivity contribution is -0.167. The average Bonchev–Trinajstić information content (AvgIpc) is 2.47. The van der Waals surface area contributed by atoms with E-state index in [1.165, 1.54) is 0 Å². The van der Waals surface area contributed by atoms with E-state index in [0.717, 1.165) is 0 Å². The smallest absolute Gasteiger partial charge is 0.319 e. The van der Waals surface area contributed by atoms with E-state index in [4.69, 9.17) is 4.74 Å². The first-order chi connectivity index (χ1) is 11.8. The van der Waals surface area contributed by atoms with E-state index >= 15 is 0 Å². The summed E-state index contributed by atoms with van der Waals surface area (Å²) in [4.78, 5) is 38.3. The molecule has 0 spiro atoms. The van der Waals surface area contributed by atoms with Crippen molar-refractivity contribution in [1.82, 2.24) is 0 Å². The van der Waals surface area contributed by atoms with E-state index in [1.807, 2.05) is 55.4 Å². The van der Waals surface area contributed by atoms with E-state index < -0.39 is 29.1 Å². The summed E-state index contributed by atoms with van der Waals surface area (Å²) in [6.07, 6.45) is 0.842. The highest BCUT2D eigenvalue weighted by Crippen LogP contribution is 2.40. The lowest BCUT2D eigenvalue weighted by Crippen LogP contribution is -2.48. The first-order valence-electron chi connectivity index (χ1n) is 9.77. The van der Waals surface area contributed by atoms with Gasteiger partial charge in [0.2, 0.25) is 0 Å². The summed E-state index contributed by atoms with van der Waals surface area (Å²) >= 11 is 0. The molecule has 0 saturated carbocycles. The molecular weight excluding hydrogens is 332 g/mol. The van der Waals surface area contributed by atoms with Crippen molar-refractivity contribution in [2.45, 2.75) is 74.7 Å². The Morgan fingerprint density at radius 2 is 1.27 bits per heavy atom. The highest BCUT2D eigenvalue weighted by molar-refractivity contribution is 6.11. The molecule has 152 valence electrons. The molecule has 0 heterocycles. The number of esters is 1. The van der Waals surface area contributed by atoms with Crippen LogP contribution in [0.1, 0.15) is 74.7 Å². The van der Waals surface area contributed by atoms with Crippen molar-refractivity contribution in [2.75, 3.05) is 6.61 Å². The molecule has 0 aromatic heterocycles. The minimum absolute atomic E-state index is 0.0440. The van der Waals surface area contributed by atoms with E-state index in [9.17, 15) is 19.5 Å². The fraction of sp³-hybridized carbons (Fsp3) is 0.857. The molecule has 0 aliphatic carbocycles. The fourth-order valence-electron chi connectivity index (χ4n) is 3.45. The second-order valence-electron chi connectivity index (χ2n) is 9.15. The molecule has 5 nitrogen and oxygen atoms in total. The number of carbonyl (C=O) groups is 3. The molecule has 0 rings (SSSR count). The van der Waals surface area contributed by atoms with Gasteiger partial charge in [0.15, 0.2) is 5.78 Å². The van der Waals surface area contributed by atoms with Crippen molar-refractivity contribution in [2.24, 2.45) is 35.0 Å². The number of carbonyl (C=O) groups excluding carboxylic acids is 2. The maximum Gasteiger partial charge on any atom is 0.319 e. The molecule has 0 aromatic carbocycles. The normalized spacial score (nSPS) is 13.5. The monoisotopic (exact) mass is 370 g/mol. The molecule has 0 radical (unpaired) electrons. The van der Waals surface area contributed by atoms with Crippen molar-refractivity contribution >= 4 is 17.7 Å². The molecule has 0 aliphatic rings. The quantitative estimate of drug-likeness (QED) is 0.402. The first-order valence-corrected chi connectivity index (χ1v) is 9.77. The first kappa shape index (κ1) is 24.6. The Morgan fingerprint density at radius 3 is 1.58 bits per heavy atom. The fourth-order valence-corrected chi connectivity index (χ4v) is 3.45. The summed E-state index contributed by atoms with van der Waals surface area (Å²) < 4.78 is 5.47. The number of aliphatic carboxylic acids is 1. The van der Waals surface area contributed by atoms with E-state index in [-0.39, 0.29) is 36.7 Å². The second kappa shape index (κ2) is 10.7. The Labute approximate surface area is 158 Å². The number of hydrogen-bond donors (Lipinski definition) is 1. The highest BCUT2D eigenvalue weighted by Gasteiger charge is 2.51. The lowest BCUT2D eigenvalue weighted by atomic mass is 9.67. The summed E-state index contributed by atoms with van der Waals surface area (Å²) in [5, 5.41) is 9.65. The van der Waals surface area contributed by atoms with Crippen LogP contribution in [0.4, 0.5) is 0 Å². The van der Waals surface area contributed by atoms with E-state index in [0.29, 0.717) is 12.8 Å². The van der Waals surface area contributed by atoms with Gasteiger partial charge in [0.25, 0.3) is 0 Å². The van der Waals surface area contributed by atoms with Crippen LogP contribution in [-0.4, -0.2) is 29.4 Å². The average molecular weight is 371 g/mol. The SMILES string of the molecule is CC(C)COC(=O)C(CC(C)C)(CC(C)C)C(=O)C(CC(C)C)C(=O)O. The topological polar surface area (TPSA) is 80.7 Å². The number of Topliss-reactive ketones (excluding diaryl/α,β-unsaturated/α-hetero) is 1. The van der Waals surface area contributed by atoms with Crippen molar-refractivity contribution in [3.8, 4) is 0 Å². The van der Waals surface area contributed by atoms with Crippen LogP contribution in [0.2, 0.25) is 0 Å². The molecule has 1 atom stereocenters. The van der Waals surface area contributed by atoms with Crippen molar-refractivity contribution < 1.29 is 24.2 Å². The third-order valence-electron chi connectivity index (χ3n) is 4.25. The van der Waals surface area contributed by atoms with Crippen molar-refractivity contribution in [3.05, 3.63) is 0 Å².